The molecule has 0 aliphatic carbocycles. The van der Waals surface area contributed by atoms with E-state index in [1.54, 1.807) is 0 Å². The second kappa shape index (κ2) is 2.86. The molecule has 2 heteroatoms. The second-order valence-corrected chi connectivity index (χ2v) is 2.59. The number of hydrogen-bond donors (Lipinski definition) is 0. The molecular weight excluding hydrogens is 126 g/mol. The van der Waals surface area contributed by atoms with Gasteiger partial charge in [0.1, 0.15) is 0 Å². The number of rotatable bonds is 1. The molecule has 0 aromatic rings. The second-order valence-electron chi connectivity index (χ2n) is 2.59. The smallest absolute Gasteiger partial charge is 0.249 e. The maximum absolute atomic E-state index is 11.2. The van der Waals surface area contributed by atoms with Gasteiger partial charge in [0, 0.05) is 18.7 Å². The molecule has 0 atom stereocenters. The summed E-state index contributed by atoms with van der Waals surface area (Å²) in [5, 5.41) is 0. The molecule has 1 aliphatic heterocycles. The first kappa shape index (κ1) is 7.32. The van der Waals surface area contributed by atoms with Crippen LogP contribution in [0.3, 0.4) is 0 Å². The van der Waals surface area contributed by atoms with E-state index in [4.69, 9.17) is 0 Å². The fraction of sp³-hybridized carbons (Fsp3) is 0.625. The zero-order valence-corrected chi connectivity index (χ0v) is 6.39. The van der Waals surface area contributed by atoms with Crippen molar-refractivity contribution in [2.24, 2.45) is 0 Å². The van der Waals surface area contributed by atoms with Gasteiger partial charge in [0.2, 0.25) is 5.91 Å². The van der Waals surface area contributed by atoms with Crippen molar-refractivity contribution in [2.45, 2.75) is 19.8 Å². The average Bonchev–Trinajstić information content (AvgIpc) is 1.95. The van der Waals surface area contributed by atoms with Gasteiger partial charge in [-0.2, -0.15) is 0 Å². The summed E-state index contributed by atoms with van der Waals surface area (Å²) in [5.74, 6) is 0.147. The van der Waals surface area contributed by atoms with E-state index in [0.29, 0.717) is 0 Å². The predicted molar refractivity (Wildman–Crippen MR) is 40.6 cm³/mol. The standard InChI is InChI=1S/C8H13NO/c1-3-9-6-4-5-7(2)8(9)10/h2-6H2,1H3. The molecule has 1 heterocycles. The van der Waals surface area contributed by atoms with Gasteiger partial charge < -0.3 is 4.90 Å². The maximum Gasteiger partial charge on any atom is 0.249 e. The molecule has 0 aromatic heterocycles. The first-order chi connectivity index (χ1) is 4.75. The zero-order chi connectivity index (χ0) is 7.56. The summed E-state index contributed by atoms with van der Waals surface area (Å²) < 4.78 is 0. The van der Waals surface area contributed by atoms with Gasteiger partial charge in [0.25, 0.3) is 0 Å². The third-order valence-corrected chi connectivity index (χ3v) is 1.88. The quantitative estimate of drug-likeness (QED) is 0.500. The van der Waals surface area contributed by atoms with Crippen molar-refractivity contribution >= 4 is 5.91 Å². The summed E-state index contributed by atoms with van der Waals surface area (Å²) >= 11 is 0. The summed E-state index contributed by atoms with van der Waals surface area (Å²) in [4.78, 5) is 13.0. The van der Waals surface area contributed by atoms with E-state index in [9.17, 15) is 4.79 Å². The molecular formula is C8H13NO. The van der Waals surface area contributed by atoms with Crippen molar-refractivity contribution in [1.82, 2.24) is 4.90 Å². The Bertz CT molecular complexity index is 163. The lowest BCUT2D eigenvalue weighted by Gasteiger charge is -2.26. The van der Waals surface area contributed by atoms with Crippen LogP contribution in [0.25, 0.3) is 0 Å². The fourth-order valence-corrected chi connectivity index (χ4v) is 1.22. The van der Waals surface area contributed by atoms with Crippen LogP contribution >= 0.6 is 0 Å². The Balaban J connectivity index is 2.60. The lowest BCUT2D eigenvalue weighted by molar-refractivity contribution is -0.128. The highest BCUT2D eigenvalue weighted by atomic mass is 16.2. The van der Waals surface area contributed by atoms with Gasteiger partial charge in [0.05, 0.1) is 0 Å². The normalized spacial score (nSPS) is 19.9. The van der Waals surface area contributed by atoms with Crippen molar-refractivity contribution < 1.29 is 4.79 Å². The van der Waals surface area contributed by atoms with Crippen LogP contribution in [0.4, 0.5) is 0 Å². The summed E-state index contributed by atoms with van der Waals surface area (Å²) in [7, 11) is 0. The van der Waals surface area contributed by atoms with Crippen molar-refractivity contribution in [3.63, 3.8) is 0 Å². The monoisotopic (exact) mass is 139 g/mol. The molecule has 1 saturated heterocycles. The average molecular weight is 139 g/mol. The van der Waals surface area contributed by atoms with Gasteiger partial charge in [-0.15, -0.1) is 0 Å². The first-order valence-electron chi connectivity index (χ1n) is 3.72. The SMILES string of the molecule is C=C1CCCN(CC)C1=O. The number of likely N-dealkylation sites (N-methyl/N-ethyl adjacent to an activating group) is 1. The molecule has 0 unspecified atom stereocenters. The van der Waals surface area contributed by atoms with E-state index in [0.717, 1.165) is 31.5 Å². The lowest BCUT2D eigenvalue weighted by Crippen LogP contribution is -2.36. The Morgan fingerprint density at radius 1 is 1.70 bits per heavy atom. The Kier molecular flexibility index (Phi) is 2.10. The minimum Gasteiger partial charge on any atom is -0.339 e. The highest BCUT2D eigenvalue weighted by Gasteiger charge is 2.19. The number of nitrogens with zero attached hydrogens (tertiary/aromatic N) is 1. The summed E-state index contributed by atoms with van der Waals surface area (Å²) in [5.41, 5.74) is 0.771. The molecule has 1 aliphatic rings. The van der Waals surface area contributed by atoms with Crippen molar-refractivity contribution in [1.29, 1.82) is 0 Å². The van der Waals surface area contributed by atoms with Gasteiger partial charge in [-0.3, -0.25) is 4.79 Å². The van der Waals surface area contributed by atoms with Crippen LogP contribution in [0.15, 0.2) is 12.2 Å². The molecule has 2 nitrogen and oxygen atoms in total. The van der Waals surface area contributed by atoms with E-state index < -0.39 is 0 Å². The first-order valence-corrected chi connectivity index (χ1v) is 3.72. The highest BCUT2D eigenvalue weighted by molar-refractivity contribution is 5.93. The number of piperidine rings is 1. The van der Waals surface area contributed by atoms with Gasteiger partial charge in [0.15, 0.2) is 0 Å². The molecule has 0 bridgehead atoms. The van der Waals surface area contributed by atoms with Crippen LogP contribution in [0.5, 0.6) is 0 Å². The molecule has 1 rings (SSSR count). The minimum absolute atomic E-state index is 0.147. The van der Waals surface area contributed by atoms with Crippen LogP contribution in [0, 0.1) is 0 Å². The van der Waals surface area contributed by atoms with E-state index in [2.05, 4.69) is 6.58 Å². The zero-order valence-electron chi connectivity index (χ0n) is 6.39. The Labute approximate surface area is 61.5 Å². The predicted octanol–water partition coefficient (Wildman–Crippen LogP) is 1.18. The third-order valence-electron chi connectivity index (χ3n) is 1.88. The molecule has 0 radical (unpaired) electrons. The summed E-state index contributed by atoms with van der Waals surface area (Å²) in [6.45, 7) is 7.43. The molecule has 0 aromatic carbocycles. The van der Waals surface area contributed by atoms with E-state index >= 15 is 0 Å². The van der Waals surface area contributed by atoms with Crippen molar-refractivity contribution in [3.8, 4) is 0 Å². The van der Waals surface area contributed by atoms with Crippen LogP contribution in [-0.2, 0) is 4.79 Å². The van der Waals surface area contributed by atoms with Crippen molar-refractivity contribution in [2.75, 3.05) is 13.1 Å². The molecule has 1 amide bonds. The van der Waals surface area contributed by atoms with Gasteiger partial charge in [-0.05, 0) is 19.8 Å². The van der Waals surface area contributed by atoms with Gasteiger partial charge in [-0.1, -0.05) is 6.58 Å². The topological polar surface area (TPSA) is 20.3 Å². The lowest BCUT2D eigenvalue weighted by atomic mass is 10.1. The minimum atomic E-state index is 0.147. The molecule has 56 valence electrons. The summed E-state index contributed by atoms with van der Waals surface area (Å²) in [6, 6.07) is 0. The molecule has 0 spiro atoms. The number of hydrogen-bond acceptors (Lipinski definition) is 1. The van der Waals surface area contributed by atoms with E-state index in [1.165, 1.54) is 0 Å². The van der Waals surface area contributed by atoms with Crippen LogP contribution in [0.2, 0.25) is 0 Å². The maximum atomic E-state index is 11.2. The van der Waals surface area contributed by atoms with E-state index in [-0.39, 0.29) is 5.91 Å². The molecule has 10 heavy (non-hydrogen) atoms. The van der Waals surface area contributed by atoms with Gasteiger partial charge >= 0.3 is 0 Å². The Morgan fingerprint density at radius 3 is 2.90 bits per heavy atom. The third kappa shape index (κ3) is 1.20. The van der Waals surface area contributed by atoms with Crippen LogP contribution in [-0.4, -0.2) is 23.9 Å². The highest BCUT2D eigenvalue weighted by Crippen LogP contribution is 2.13. The summed E-state index contributed by atoms with van der Waals surface area (Å²) in [6.07, 6.45) is 1.97. The number of likely N-dealkylation sites (tertiary alicyclic amines) is 1. The molecule has 0 saturated carbocycles. The largest absolute Gasteiger partial charge is 0.339 e. The number of carbonyl (C=O) groups is 1. The van der Waals surface area contributed by atoms with Gasteiger partial charge in [-0.25, -0.2) is 0 Å². The Hall–Kier alpha value is -0.790. The van der Waals surface area contributed by atoms with Crippen LogP contribution < -0.4 is 0 Å². The van der Waals surface area contributed by atoms with Crippen molar-refractivity contribution in [3.05, 3.63) is 12.2 Å². The fourth-order valence-electron chi connectivity index (χ4n) is 1.22. The Morgan fingerprint density at radius 2 is 2.40 bits per heavy atom. The molecule has 0 N–H and O–H groups in total. The van der Waals surface area contributed by atoms with E-state index in [1.807, 2.05) is 11.8 Å². The number of carbonyl (C=O) groups excluding carboxylic acids is 1. The van der Waals surface area contributed by atoms with Crippen LogP contribution in [0.1, 0.15) is 19.8 Å². The molecule has 1 fully saturated rings. The number of amides is 1.